The van der Waals surface area contributed by atoms with Gasteiger partial charge >= 0.3 is 6.18 Å². The summed E-state index contributed by atoms with van der Waals surface area (Å²) in [6.45, 7) is 6.02. The van der Waals surface area contributed by atoms with Gasteiger partial charge in [-0.1, -0.05) is 0 Å². The molecule has 0 spiro atoms. The summed E-state index contributed by atoms with van der Waals surface area (Å²) >= 11 is 0. The molecule has 1 N–H and O–H groups in total. The first-order chi connectivity index (χ1) is 14.4. The number of methoxy groups -OCH3 is 1. The molecule has 3 aromatic rings. The Labute approximate surface area is 173 Å². The van der Waals surface area contributed by atoms with Crippen molar-refractivity contribution in [1.29, 1.82) is 0 Å². The molecular weight excluding hydrogens is 393 g/mol. The van der Waals surface area contributed by atoms with Crippen LogP contribution in [0.2, 0.25) is 0 Å². The number of aryl methyl sites for hydroxylation is 1. The Morgan fingerprint density at radius 2 is 1.97 bits per heavy atom. The summed E-state index contributed by atoms with van der Waals surface area (Å²) in [4.78, 5) is 6.97. The average molecular weight is 418 g/mol. The maximum Gasteiger partial charge on any atom is 0.417 e. The topological polar surface area (TPSA) is 41.8 Å². The molecule has 0 radical (unpaired) electrons. The second-order valence-corrected chi connectivity index (χ2v) is 7.61. The molecule has 8 heteroatoms. The van der Waals surface area contributed by atoms with Gasteiger partial charge in [-0.15, -0.1) is 0 Å². The van der Waals surface area contributed by atoms with Crippen LogP contribution in [0.4, 0.5) is 13.2 Å². The molecule has 1 aliphatic rings. The standard InChI is InChI=1S/C22H25F3N4O/c1-15-12-16(4-6-19(15)30-2)21-18(14-28-10-3-8-26-9-11-28)29-13-17(22(23,24)25)5-7-20(29)27-21/h4-7,12-13,26H,3,8-11,14H2,1-2H3. The Bertz CT molecular complexity index is 1040. The lowest BCUT2D eigenvalue weighted by molar-refractivity contribution is -0.137. The summed E-state index contributed by atoms with van der Waals surface area (Å²) in [5.74, 6) is 0.766. The van der Waals surface area contributed by atoms with Crippen LogP contribution in [0.5, 0.6) is 5.75 Å². The third-order valence-electron chi connectivity index (χ3n) is 5.52. The van der Waals surface area contributed by atoms with Gasteiger partial charge in [-0.25, -0.2) is 4.98 Å². The summed E-state index contributed by atoms with van der Waals surface area (Å²) in [5.41, 5.74) is 3.12. The first-order valence-corrected chi connectivity index (χ1v) is 10.0. The summed E-state index contributed by atoms with van der Waals surface area (Å²) < 4.78 is 47.0. The van der Waals surface area contributed by atoms with Crippen LogP contribution < -0.4 is 10.1 Å². The highest BCUT2D eigenvalue weighted by molar-refractivity contribution is 5.68. The average Bonchev–Trinajstić information content (AvgIpc) is 2.87. The number of imidazole rings is 1. The molecule has 1 fully saturated rings. The first kappa shape index (κ1) is 20.7. The minimum absolute atomic E-state index is 0.509. The molecule has 1 saturated heterocycles. The molecule has 0 amide bonds. The number of alkyl halides is 3. The van der Waals surface area contributed by atoms with Gasteiger partial charge in [-0.3, -0.25) is 4.90 Å². The van der Waals surface area contributed by atoms with Crippen LogP contribution in [0.1, 0.15) is 23.2 Å². The first-order valence-electron chi connectivity index (χ1n) is 10.0. The van der Waals surface area contributed by atoms with Gasteiger partial charge in [-0.2, -0.15) is 13.2 Å². The van der Waals surface area contributed by atoms with Gasteiger partial charge in [0.05, 0.1) is 24.1 Å². The number of hydrogen-bond acceptors (Lipinski definition) is 4. The van der Waals surface area contributed by atoms with Gasteiger partial charge in [0.2, 0.25) is 0 Å². The fraction of sp³-hybridized carbons (Fsp3) is 0.409. The van der Waals surface area contributed by atoms with Crippen LogP contribution in [-0.4, -0.2) is 47.6 Å². The van der Waals surface area contributed by atoms with E-state index in [0.29, 0.717) is 17.9 Å². The van der Waals surface area contributed by atoms with Gasteiger partial charge in [0.25, 0.3) is 0 Å². The molecule has 30 heavy (non-hydrogen) atoms. The van der Waals surface area contributed by atoms with E-state index in [-0.39, 0.29) is 0 Å². The van der Waals surface area contributed by atoms with Crippen molar-refractivity contribution in [3.63, 3.8) is 0 Å². The van der Waals surface area contributed by atoms with Gasteiger partial charge in [-0.05, 0) is 62.3 Å². The number of benzene rings is 1. The number of ether oxygens (including phenoxy) is 1. The largest absolute Gasteiger partial charge is 0.496 e. The highest BCUT2D eigenvalue weighted by atomic mass is 19.4. The van der Waals surface area contributed by atoms with Crippen molar-refractivity contribution >= 4 is 5.65 Å². The summed E-state index contributed by atoms with van der Waals surface area (Å²) in [5, 5.41) is 3.36. The van der Waals surface area contributed by atoms with Crippen LogP contribution in [-0.2, 0) is 12.7 Å². The van der Waals surface area contributed by atoms with E-state index in [0.717, 1.165) is 67.4 Å². The lowest BCUT2D eigenvalue weighted by Crippen LogP contribution is -2.28. The maximum atomic E-state index is 13.4. The monoisotopic (exact) mass is 418 g/mol. The number of fused-ring (bicyclic) bond motifs is 1. The predicted molar refractivity (Wildman–Crippen MR) is 110 cm³/mol. The summed E-state index contributed by atoms with van der Waals surface area (Å²) in [7, 11) is 1.62. The molecular formula is C22H25F3N4O. The number of nitrogens with one attached hydrogen (secondary N) is 1. The number of aromatic nitrogens is 2. The van der Waals surface area contributed by atoms with E-state index < -0.39 is 11.7 Å². The summed E-state index contributed by atoms with van der Waals surface area (Å²) in [6.07, 6.45) is -2.24. The van der Waals surface area contributed by atoms with Gasteiger partial charge in [0, 0.05) is 31.4 Å². The second kappa shape index (κ2) is 8.28. The molecule has 5 nitrogen and oxygen atoms in total. The Morgan fingerprint density at radius 1 is 1.13 bits per heavy atom. The molecule has 3 heterocycles. The molecule has 1 aliphatic heterocycles. The van der Waals surface area contributed by atoms with Crippen molar-refractivity contribution in [1.82, 2.24) is 19.6 Å². The van der Waals surface area contributed by atoms with E-state index >= 15 is 0 Å². The third-order valence-corrected chi connectivity index (χ3v) is 5.52. The van der Waals surface area contributed by atoms with Crippen molar-refractivity contribution in [2.75, 3.05) is 33.3 Å². The lowest BCUT2D eigenvalue weighted by atomic mass is 10.1. The van der Waals surface area contributed by atoms with E-state index in [9.17, 15) is 13.2 Å². The molecule has 1 aromatic carbocycles. The molecule has 0 saturated carbocycles. The summed E-state index contributed by atoms with van der Waals surface area (Å²) in [6, 6.07) is 8.28. The molecule has 4 rings (SSSR count). The Kier molecular flexibility index (Phi) is 5.71. The van der Waals surface area contributed by atoms with Crippen LogP contribution in [0.3, 0.4) is 0 Å². The molecule has 0 aliphatic carbocycles. The number of halogens is 3. The highest BCUT2D eigenvalue weighted by Gasteiger charge is 2.31. The van der Waals surface area contributed by atoms with Crippen LogP contribution >= 0.6 is 0 Å². The predicted octanol–water partition coefficient (Wildman–Crippen LogP) is 4.13. The quantitative estimate of drug-likeness (QED) is 0.692. The molecule has 0 bridgehead atoms. The number of rotatable bonds is 4. The SMILES string of the molecule is COc1ccc(-c2nc3ccc(C(F)(F)F)cn3c2CN2CCCNCC2)cc1C. The molecule has 0 unspecified atom stereocenters. The minimum Gasteiger partial charge on any atom is -0.496 e. The van der Waals surface area contributed by atoms with Gasteiger partial charge < -0.3 is 14.5 Å². The second-order valence-electron chi connectivity index (χ2n) is 7.61. The zero-order valence-corrected chi connectivity index (χ0v) is 17.1. The Hall–Kier alpha value is -2.58. The van der Waals surface area contributed by atoms with Crippen molar-refractivity contribution in [3.8, 4) is 17.0 Å². The van der Waals surface area contributed by atoms with Gasteiger partial charge in [0.15, 0.2) is 0 Å². The van der Waals surface area contributed by atoms with E-state index in [4.69, 9.17) is 9.72 Å². The van der Waals surface area contributed by atoms with Crippen molar-refractivity contribution < 1.29 is 17.9 Å². The zero-order chi connectivity index (χ0) is 21.3. The fourth-order valence-electron chi connectivity index (χ4n) is 3.94. The Balaban J connectivity index is 1.84. The number of pyridine rings is 1. The smallest absolute Gasteiger partial charge is 0.417 e. The van der Waals surface area contributed by atoms with E-state index in [1.54, 1.807) is 11.5 Å². The minimum atomic E-state index is -4.40. The fourth-order valence-corrected chi connectivity index (χ4v) is 3.94. The number of nitrogens with zero attached hydrogens (tertiary/aromatic N) is 3. The highest BCUT2D eigenvalue weighted by Crippen LogP contribution is 2.33. The van der Waals surface area contributed by atoms with Crippen LogP contribution in [0.15, 0.2) is 36.5 Å². The van der Waals surface area contributed by atoms with E-state index in [1.807, 2.05) is 25.1 Å². The Morgan fingerprint density at radius 3 is 2.70 bits per heavy atom. The van der Waals surface area contributed by atoms with E-state index in [2.05, 4.69) is 10.2 Å². The maximum absolute atomic E-state index is 13.4. The molecule has 160 valence electrons. The zero-order valence-electron chi connectivity index (χ0n) is 17.1. The van der Waals surface area contributed by atoms with Crippen molar-refractivity contribution in [3.05, 3.63) is 53.3 Å². The molecule has 2 aromatic heterocycles. The van der Waals surface area contributed by atoms with Crippen molar-refractivity contribution in [2.45, 2.75) is 26.1 Å². The van der Waals surface area contributed by atoms with E-state index in [1.165, 1.54) is 6.07 Å². The lowest BCUT2D eigenvalue weighted by Gasteiger charge is -2.20. The van der Waals surface area contributed by atoms with Gasteiger partial charge in [0.1, 0.15) is 11.4 Å². The van der Waals surface area contributed by atoms with Crippen LogP contribution in [0, 0.1) is 6.92 Å². The van der Waals surface area contributed by atoms with Crippen molar-refractivity contribution in [2.24, 2.45) is 0 Å². The normalized spacial score (nSPS) is 16.0. The molecule has 0 atom stereocenters. The number of hydrogen-bond donors (Lipinski definition) is 1. The van der Waals surface area contributed by atoms with Crippen LogP contribution in [0.25, 0.3) is 16.9 Å². The third kappa shape index (κ3) is 4.15.